The van der Waals surface area contributed by atoms with Crippen LogP contribution in [-0.2, 0) is 13.1 Å². The van der Waals surface area contributed by atoms with Crippen LogP contribution in [0.25, 0.3) is 11.0 Å². The minimum absolute atomic E-state index is 0.114. The van der Waals surface area contributed by atoms with Crippen molar-refractivity contribution in [1.82, 2.24) is 30.1 Å². The first-order chi connectivity index (χ1) is 13.6. The van der Waals surface area contributed by atoms with Crippen LogP contribution in [0.3, 0.4) is 0 Å². The van der Waals surface area contributed by atoms with Crippen molar-refractivity contribution in [3.8, 4) is 0 Å². The maximum atomic E-state index is 12.7. The fourth-order valence-electron chi connectivity index (χ4n) is 3.04. The Morgan fingerprint density at radius 1 is 1.18 bits per heavy atom. The largest absolute Gasteiger partial charge is 0.454 e. The number of hydrogen-bond donors (Lipinski definition) is 1. The SMILES string of the molecule is CC(C)[C@@H](Cn1nnc2ccccc21)NC(=O)c1ccc(Cn2cccn2)o1. The third kappa shape index (κ3) is 3.80. The maximum absolute atomic E-state index is 12.7. The molecule has 4 aromatic rings. The highest BCUT2D eigenvalue weighted by Crippen LogP contribution is 2.14. The number of carbonyl (C=O) groups excluding carboxylic acids is 1. The molecule has 0 aliphatic carbocycles. The molecule has 0 spiro atoms. The van der Waals surface area contributed by atoms with Gasteiger partial charge in [0.25, 0.3) is 5.91 Å². The molecule has 3 aromatic heterocycles. The minimum atomic E-state index is -0.241. The summed E-state index contributed by atoms with van der Waals surface area (Å²) in [6.45, 7) is 5.15. The summed E-state index contributed by atoms with van der Waals surface area (Å²) in [4.78, 5) is 12.7. The van der Waals surface area contributed by atoms with Gasteiger partial charge in [0, 0.05) is 12.4 Å². The molecular formula is C20H22N6O2. The molecule has 1 atom stereocenters. The topological polar surface area (TPSA) is 90.8 Å². The molecule has 0 saturated carbocycles. The molecule has 0 bridgehead atoms. The van der Waals surface area contributed by atoms with E-state index in [4.69, 9.17) is 4.42 Å². The van der Waals surface area contributed by atoms with Gasteiger partial charge in [0.15, 0.2) is 5.76 Å². The van der Waals surface area contributed by atoms with E-state index in [1.807, 2.05) is 41.2 Å². The number of nitrogens with one attached hydrogen (secondary N) is 1. The Kier molecular flexibility index (Phi) is 4.92. The Bertz CT molecular complexity index is 1060. The van der Waals surface area contributed by atoms with Crippen LogP contribution < -0.4 is 5.32 Å². The standard InChI is InChI=1S/C20H22N6O2/c1-14(2)17(13-26-18-7-4-3-6-16(18)23-24-26)22-20(27)19-9-8-15(28-19)12-25-11-5-10-21-25/h3-11,14,17H,12-13H2,1-2H3,(H,22,27)/t17-/m1/s1. The van der Waals surface area contributed by atoms with Gasteiger partial charge in [0.1, 0.15) is 11.3 Å². The number of para-hydroxylation sites is 1. The van der Waals surface area contributed by atoms with E-state index in [9.17, 15) is 4.79 Å². The van der Waals surface area contributed by atoms with Crippen molar-refractivity contribution in [2.24, 2.45) is 5.92 Å². The first-order valence-electron chi connectivity index (χ1n) is 9.25. The van der Waals surface area contributed by atoms with E-state index in [0.717, 1.165) is 11.0 Å². The molecule has 3 heterocycles. The fraction of sp³-hybridized carbons (Fsp3) is 0.300. The summed E-state index contributed by atoms with van der Waals surface area (Å²) in [5, 5.41) is 15.6. The smallest absolute Gasteiger partial charge is 0.287 e. The molecule has 0 aliphatic heterocycles. The molecule has 144 valence electrons. The number of hydrogen-bond acceptors (Lipinski definition) is 5. The molecule has 8 heteroatoms. The highest BCUT2D eigenvalue weighted by Gasteiger charge is 2.21. The molecule has 0 fully saturated rings. The van der Waals surface area contributed by atoms with Crippen molar-refractivity contribution in [2.45, 2.75) is 33.0 Å². The summed E-state index contributed by atoms with van der Waals surface area (Å²) in [5.74, 6) is 0.939. The third-order valence-electron chi connectivity index (χ3n) is 4.67. The highest BCUT2D eigenvalue weighted by atomic mass is 16.4. The van der Waals surface area contributed by atoms with E-state index >= 15 is 0 Å². The van der Waals surface area contributed by atoms with E-state index < -0.39 is 0 Å². The van der Waals surface area contributed by atoms with Crippen LogP contribution in [0.5, 0.6) is 0 Å². The van der Waals surface area contributed by atoms with Crippen molar-refractivity contribution < 1.29 is 9.21 Å². The number of carbonyl (C=O) groups is 1. The predicted molar refractivity (Wildman–Crippen MR) is 104 cm³/mol. The fourth-order valence-corrected chi connectivity index (χ4v) is 3.04. The Balaban J connectivity index is 1.46. The van der Waals surface area contributed by atoms with Gasteiger partial charge in [-0.25, -0.2) is 4.68 Å². The van der Waals surface area contributed by atoms with Crippen LogP contribution in [0, 0.1) is 5.92 Å². The monoisotopic (exact) mass is 378 g/mol. The second-order valence-electron chi connectivity index (χ2n) is 7.05. The molecule has 0 aliphatic rings. The van der Waals surface area contributed by atoms with Gasteiger partial charge in [0.05, 0.1) is 24.6 Å². The zero-order valence-corrected chi connectivity index (χ0v) is 15.8. The normalized spacial score (nSPS) is 12.5. The van der Waals surface area contributed by atoms with Gasteiger partial charge < -0.3 is 9.73 Å². The number of rotatable bonds is 7. The van der Waals surface area contributed by atoms with Crippen molar-refractivity contribution in [2.75, 3.05) is 0 Å². The summed E-state index contributed by atoms with van der Waals surface area (Å²) >= 11 is 0. The number of aromatic nitrogens is 5. The second kappa shape index (κ2) is 7.67. The zero-order valence-electron chi connectivity index (χ0n) is 15.8. The van der Waals surface area contributed by atoms with Gasteiger partial charge >= 0.3 is 0 Å². The third-order valence-corrected chi connectivity index (χ3v) is 4.67. The molecular weight excluding hydrogens is 356 g/mol. The van der Waals surface area contributed by atoms with Crippen LogP contribution in [0.1, 0.15) is 30.2 Å². The lowest BCUT2D eigenvalue weighted by atomic mass is 10.0. The Morgan fingerprint density at radius 2 is 2.04 bits per heavy atom. The van der Waals surface area contributed by atoms with Gasteiger partial charge in [0.2, 0.25) is 0 Å². The van der Waals surface area contributed by atoms with Gasteiger partial charge in [-0.3, -0.25) is 9.48 Å². The first-order valence-corrected chi connectivity index (χ1v) is 9.25. The van der Waals surface area contributed by atoms with Gasteiger partial charge in [-0.2, -0.15) is 5.10 Å². The second-order valence-corrected chi connectivity index (χ2v) is 7.05. The summed E-state index contributed by atoms with van der Waals surface area (Å²) in [7, 11) is 0. The molecule has 1 aromatic carbocycles. The summed E-state index contributed by atoms with van der Waals surface area (Å²) in [6.07, 6.45) is 3.55. The van der Waals surface area contributed by atoms with Gasteiger partial charge in [-0.15, -0.1) is 5.10 Å². The van der Waals surface area contributed by atoms with Crippen LogP contribution >= 0.6 is 0 Å². The number of furan rings is 1. The lowest BCUT2D eigenvalue weighted by Gasteiger charge is -2.22. The van der Waals surface area contributed by atoms with E-state index in [1.165, 1.54) is 0 Å². The average molecular weight is 378 g/mol. The quantitative estimate of drug-likeness (QED) is 0.534. The number of fused-ring (bicyclic) bond motifs is 1. The minimum Gasteiger partial charge on any atom is -0.454 e. The number of nitrogens with zero attached hydrogens (tertiary/aromatic N) is 5. The van der Waals surface area contributed by atoms with E-state index in [2.05, 4.69) is 34.6 Å². The van der Waals surface area contributed by atoms with Crippen LogP contribution in [0.15, 0.2) is 59.3 Å². The van der Waals surface area contributed by atoms with Crippen molar-refractivity contribution in [1.29, 1.82) is 0 Å². The van der Waals surface area contributed by atoms with Crippen LogP contribution in [0.4, 0.5) is 0 Å². The zero-order chi connectivity index (χ0) is 19.5. The van der Waals surface area contributed by atoms with E-state index in [1.54, 1.807) is 23.0 Å². The lowest BCUT2D eigenvalue weighted by Crippen LogP contribution is -2.41. The van der Waals surface area contributed by atoms with Crippen LogP contribution in [-0.4, -0.2) is 36.7 Å². The molecule has 0 radical (unpaired) electrons. The predicted octanol–water partition coefficient (Wildman–Crippen LogP) is 2.72. The maximum Gasteiger partial charge on any atom is 0.287 e. The van der Waals surface area contributed by atoms with Crippen molar-refractivity contribution >= 4 is 16.9 Å². The number of amides is 1. The highest BCUT2D eigenvalue weighted by molar-refractivity contribution is 5.91. The Morgan fingerprint density at radius 3 is 2.82 bits per heavy atom. The van der Waals surface area contributed by atoms with Crippen molar-refractivity contribution in [3.63, 3.8) is 0 Å². The molecule has 4 rings (SSSR count). The summed E-state index contributed by atoms with van der Waals surface area (Å²) in [6, 6.07) is 13.0. The van der Waals surface area contributed by atoms with Crippen molar-refractivity contribution in [3.05, 3.63) is 66.4 Å². The summed E-state index contributed by atoms with van der Waals surface area (Å²) in [5.41, 5.74) is 1.78. The van der Waals surface area contributed by atoms with Gasteiger partial charge in [-0.1, -0.05) is 31.2 Å². The molecule has 1 N–H and O–H groups in total. The molecule has 0 unspecified atom stereocenters. The lowest BCUT2D eigenvalue weighted by molar-refractivity contribution is 0.0889. The molecule has 0 saturated heterocycles. The molecule has 28 heavy (non-hydrogen) atoms. The average Bonchev–Trinajstić information content (AvgIpc) is 3.43. The number of benzene rings is 1. The molecule has 1 amide bonds. The first kappa shape index (κ1) is 18.0. The van der Waals surface area contributed by atoms with Crippen LogP contribution in [0.2, 0.25) is 0 Å². The van der Waals surface area contributed by atoms with E-state index in [0.29, 0.717) is 18.8 Å². The van der Waals surface area contributed by atoms with E-state index in [-0.39, 0.29) is 23.6 Å². The Labute approximate surface area is 162 Å². The molecule has 8 nitrogen and oxygen atoms in total. The van der Waals surface area contributed by atoms with Gasteiger partial charge in [-0.05, 0) is 36.2 Å². The summed E-state index contributed by atoms with van der Waals surface area (Å²) < 4.78 is 9.27. The Hall–Kier alpha value is -3.42.